The molecule has 0 bridgehead atoms. The lowest BCUT2D eigenvalue weighted by molar-refractivity contribution is -0.115. The maximum absolute atomic E-state index is 12.0. The quantitative estimate of drug-likeness (QED) is 0.869. The number of hydrogen-bond donors (Lipinski definition) is 1. The van der Waals surface area contributed by atoms with Gasteiger partial charge in [-0.2, -0.15) is 0 Å². The van der Waals surface area contributed by atoms with E-state index in [2.05, 4.69) is 10.3 Å². The number of thioether (sulfide) groups is 1. The number of aryl methyl sites for hydroxylation is 1. The summed E-state index contributed by atoms with van der Waals surface area (Å²) >= 11 is 3.06. The van der Waals surface area contributed by atoms with E-state index in [-0.39, 0.29) is 11.2 Å². The molecule has 1 atom stereocenters. The van der Waals surface area contributed by atoms with Crippen molar-refractivity contribution in [2.75, 3.05) is 5.32 Å². The van der Waals surface area contributed by atoms with Crippen molar-refractivity contribution < 1.29 is 4.79 Å². The fraction of sp³-hybridized carbons (Fsp3) is 0.231. The molecular weight excluding hydrogens is 264 g/mol. The Morgan fingerprint density at radius 1 is 1.39 bits per heavy atom. The van der Waals surface area contributed by atoms with Crippen LogP contribution in [0.1, 0.15) is 12.6 Å². The second kappa shape index (κ2) is 6.02. The number of para-hydroxylation sites is 1. The van der Waals surface area contributed by atoms with Crippen molar-refractivity contribution in [2.24, 2.45) is 0 Å². The molecule has 1 N–H and O–H groups in total. The van der Waals surface area contributed by atoms with Gasteiger partial charge >= 0.3 is 0 Å². The molecule has 1 heterocycles. The highest BCUT2D eigenvalue weighted by Gasteiger charge is 2.16. The summed E-state index contributed by atoms with van der Waals surface area (Å²) in [6.45, 7) is 3.84. The lowest BCUT2D eigenvalue weighted by atomic mass is 10.3. The third kappa shape index (κ3) is 3.58. The Balaban J connectivity index is 1.93. The van der Waals surface area contributed by atoms with Crippen molar-refractivity contribution in [3.8, 4) is 0 Å². The summed E-state index contributed by atoms with van der Waals surface area (Å²) in [4.78, 5) is 16.3. The zero-order valence-corrected chi connectivity index (χ0v) is 11.8. The van der Waals surface area contributed by atoms with Gasteiger partial charge in [0.2, 0.25) is 5.91 Å². The fourth-order valence-corrected chi connectivity index (χ4v) is 3.34. The predicted octanol–water partition coefficient (Wildman–Crippen LogP) is 3.57. The SMILES string of the molecule is Cc1csc(SC(C)C(=O)Nc2ccccc2)n1. The van der Waals surface area contributed by atoms with E-state index < -0.39 is 0 Å². The van der Waals surface area contributed by atoms with Gasteiger partial charge in [0.05, 0.1) is 5.25 Å². The van der Waals surface area contributed by atoms with Gasteiger partial charge in [-0.15, -0.1) is 11.3 Å². The highest BCUT2D eigenvalue weighted by molar-refractivity contribution is 8.02. The Labute approximate surface area is 115 Å². The van der Waals surface area contributed by atoms with Crippen LogP contribution in [-0.4, -0.2) is 16.1 Å². The molecule has 1 amide bonds. The van der Waals surface area contributed by atoms with Crippen LogP contribution >= 0.6 is 23.1 Å². The smallest absolute Gasteiger partial charge is 0.237 e. The van der Waals surface area contributed by atoms with Gasteiger partial charge in [-0.1, -0.05) is 30.0 Å². The highest BCUT2D eigenvalue weighted by Crippen LogP contribution is 2.27. The third-order valence-corrected chi connectivity index (χ3v) is 4.48. The fourth-order valence-electron chi connectivity index (χ4n) is 1.36. The van der Waals surface area contributed by atoms with Crippen molar-refractivity contribution in [3.05, 3.63) is 41.4 Å². The Hall–Kier alpha value is -1.33. The van der Waals surface area contributed by atoms with Gasteiger partial charge in [0.25, 0.3) is 0 Å². The molecule has 0 fully saturated rings. The van der Waals surface area contributed by atoms with Crippen LogP contribution in [0.15, 0.2) is 40.1 Å². The molecule has 2 aromatic rings. The van der Waals surface area contributed by atoms with Crippen LogP contribution in [0.2, 0.25) is 0 Å². The van der Waals surface area contributed by atoms with Crippen molar-refractivity contribution in [1.29, 1.82) is 0 Å². The first-order chi connectivity index (χ1) is 8.65. The summed E-state index contributed by atoms with van der Waals surface area (Å²) in [6, 6.07) is 9.48. The van der Waals surface area contributed by atoms with E-state index >= 15 is 0 Å². The second-order valence-electron chi connectivity index (χ2n) is 3.87. The van der Waals surface area contributed by atoms with Crippen molar-refractivity contribution >= 4 is 34.7 Å². The number of nitrogens with zero attached hydrogens (tertiary/aromatic N) is 1. The maximum atomic E-state index is 12.0. The number of amides is 1. The van der Waals surface area contributed by atoms with Gasteiger partial charge in [0, 0.05) is 16.8 Å². The average molecular weight is 278 g/mol. The van der Waals surface area contributed by atoms with Crippen LogP contribution < -0.4 is 5.32 Å². The molecule has 0 saturated carbocycles. The van der Waals surface area contributed by atoms with Crippen molar-refractivity contribution in [3.63, 3.8) is 0 Å². The number of nitrogens with one attached hydrogen (secondary N) is 1. The normalized spacial score (nSPS) is 12.1. The second-order valence-corrected chi connectivity index (χ2v) is 6.32. The molecule has 5 heteroatoms. The topological polar surface area (TPSA) is 42.0 Å². The van der Waals surface area contributed by atoms with Crippen LogP contribution in [0.25, 0.3) is 0 Å². The number of hydrogen-bond acceptors (Lipinski definition) is 4. The van der Waals surface area contributed by atoms with E-state index in [1.165, 1.54) is 11.8 Å². The van der Waals surface area contributed by atoms with E-state index in [1.807, 2.05) is 49.6 Å². The average Bonchev–Trinajstić information content (AvgIpc) is 2.76. The Morgan fingerprint density at radius 3 is 2.72 bits per heavy atom. The molecule has 0 radical (unpaired) electrons. The van der Waals surface area contributed by atoms with Gasteiger partial charge < -0.3 is 5.32 Å². The number of carbonyl (C=O) groups is 1. The molecule has 0 spiro atoms. The Morgan fingerprint density at radius 2 is 2.11 bits per heavy atom. The molecule has 1 aromatic carbocycles. The zero-order valence-electron chi connectivity index (χ0n) is 10.2. The summed E-state index contributed by atoms with van der Waals surface area (Å²) in [5.41, 5.74) is 1.82. The zero-order chi connectivity index (χ0) is 13.0. The summed E-state index contributed by atoms with van der Waals surface area (Å²) in [5.74, 6) is -0.000877. The predicted molar refractivity (Wildman–Crippen MR) is 77.2 cm³/mol. The minimum atomic E-state index is -0.157. The van der Waals surface area contributed by atoms with Gasteiger partial charge in [-0.3, -0.25) is 4.79 Å². The van der Waals surface area contributed by atoms with E-state index in [1.54, 1.807) is 11.3 Å². The summed E-state index contributed by atoms with van der Waals surface area (Å²) in [5, 5.41) is 4.72. The van der Waals surface area contributed by atoms with Crippen molar-refractivity contribution in [2.45, 2.75) is 23.4 Å². The standard InChI is InChI=1S/C13H14N2OS2/c1-9-8-17-13(14-9)18-10(2)12(16)15-11-6-4-3-5-7-11/h3-8,10H,1-2H3,(H,15,16). The molecule has 18 heavy (non-hydrogen) atoms. The first-order valence-electron chi connectivity index (χ1n) is 5.60. The van der Waals surface area contributed by atoms with Crippen LogP contribution in [0.4, 0.5) is 5.69 Å². The first-order valence-corrected chi connectivity index (χ1v) is 7.36. The van der Waals surface area contributed by atoms with Crippen LogP contribution in [0.3, 0.4) is 0 Å². The number of carbonyl (C=O) groups excluding carboxylic acids is 1. The molecular formula is C13H14N2OS2. The van der Waals surface area contributed by atoms with Gasteiger partial charge in [-0.25, -0.2) is 4.98 Å². The number of rotatable bonds is 4. The molecule has 3 nitrogen and oxygen atoms in total. The van der Waals surface area contributed by atoms with Gasteiger partial charge in [0.15, 0.2) is 4.34 Å². The first kappa shape index (κ1) is 13.1. The lowest BCUT2D eigenvalue weighted by Gasteiger charge is -2.10. The molecule has 0 aliphatic heterocycles. The monoisotopic (exact) mass is 278 g/mol. The maximum Gasteiger partial charge on any atom is 0.237 e. The summed E-state index contributed by atoms with van der Waals surface area (Å²) < 4.78 is 0.934. The summed E-state index contributed by atoms with van der Waals surface area (Å²) in [7, 11) is 0. The molecule has 0 aliphatic rings. The van der Waals surface area contributed by atoms with Gasteiger partial charge in [0.1, 0.15) is 0 Å². The number of benzene rings is 1. The van der Waals surface area contributed by atoms with Gasteiger partial charge in [-0.05, 0) is 26.0 Å². The highest BCUT2D eigenvalue weighted by atomic mass is 32.2. The lowest BCUT2D eigenvalue weighted by Crippen LogP contribution is -2.22. The van der Waals surface area contributed by atoms with E-state index in [9.17, 15) is 4.79 Å². The molecule has 0 aliphatic carbocycles. The van der Waals surface area contributed by atoms with E-state index in [0.29, 0.717) is 0 Å². The molecule has 1 unspecified atom stereocenters. The Kier molecular flexibility index (Phi) is 4.38. The van der Waals surface area contributed by atoms with Crippen molar-refractivity contribution in [1.82, 2.24) is 4.98 Å². The van der Waals surface area contributed by atoms with Crippen LogP contribution in [0.5, 0.6) is 0 Å². The minimum absolute atomic E-state index is 0.000877. The molecule has 1 aromatic heterocycles. The van der Waals surface area contributed by atoms with E-state index in [0.717, 1.165) is 15.7 Å². The number of anilines is 1. The molecule has 2 rings (SSSR count). The number of aromatic nitrogens is 1. The van der Waals surface area contributed by atoms with Crippen LogP contribution in [0, 0.1) is 6.92 Å². The summed E-state index contributed by atoms with van der Waals surface area (Å²) in [6.07, 6.45) is 0. The van der Waals surface area contributed by atoms with Crippen LogP contribution in [-0.2, 0) is 4.79 Å². The van der Waals surface area contributed by atoms with E-state index in [4.69, 9.17) is 0 Å². The molecule has 0 saturated heterocycles. The Bertz CT molecular complexity index is 525. The third-order valence-electron chi connectivity index (χ3n) is 2.29. The number of thiazole rings is 1. The minimum Gasteiger partial charge on any atom is -0.325 e. The largest absolute Gasteiger partial charge is 0.325 e. The molecule has 94 valence electrons.